The lowest BCUT2D eigenvalue weighted by atomic mass is 9.77. The van der Waals surface area contributed by atoms with Crippen molar-refractivity contribution in [1.82, 2.24) is 0 Å². The largest absolute Gasteiger partial charge is 0.294 e. The molecule has 0 bridgehead atoms. The van der Waals surface area contributed by atoms with Crippen LogP contribution in [0.25, 0.3) is 0 Å². The molecule has 1 aromatic heterocycles. The quantitative estimate of drug-likeness (QED) is 0.698. The van der Waals surface area contributed by atoms with Gasteiger partial charge in [-0.2, -0.15) is 0 Å². The van der Waals surface area contributed by atoms with E-state index >= 15 is 0 Å². The molecule has 94 valence electrons. The molecule has 1 aliphatic carbocycles. The molecule has 0 atom stereocenters. The van der Waals surface area contributed by atoms with Gasteiger partial charge in [0.05, 0.1) is 0 Å². The summed E-state index contributed by atoms with van der Waals surface area (Å²) in [6, 6.07) is 2.00. The monoisotopic (exact) mass is 250 g/mol. The van der Waals surface area contributed by atoms with Crippen LogP contribution in [0.5, 0.6) is 0 Å². The van der Waals surface area contributed by atoms with E-state index in [0.29, 0.717) is 11.7 Å². The van der Waals surface area contributed by atoms with Gasteiger partial charge in [-0.1, -0.05) is 19.8 Å². The number of Topliss-reactive ketones (excluding diaryl/α,β-unsaturated/α-hetero) is 1. The first-order chi connectivity index (χ1) is 8.22. The fourth-order valence-corrected chi connectivity index (χ4v) is 3.69. The van der Waals surface area contributed by atoms with Crippen LogP contribution in [0, 0.1) is 18.8 Å². The minimum Gasteiger partial charge on any atom is -0.294 e. The molecule has 1 fully saturated rings. The third-order valence-electron chi connectivity index (χ3n) is 4.04. The van der Waals surface area contributed by atoms with E-state index in [0.717, 1.165) is 24.3 Å². The second-order valence-corrected chi connectivity index (χ2v) is 6.38. The number of hydrogen-bond acceptors (Lipinski definition) is 2. The van der Waals surface area contributed by atoms with Crippen molar-refractivity contribution in [3.05, 3.63) is 21.9 Å². The van der Waals surface area contributed by atoms with E-state index in [1.807, 2.05) is 11.4 Å². The highest BCUT2D eigenvalue weighted by molar-refractivity contribution is 7.10. The molecule has 2 rings (SSSR count). The lowest BCUT2D eigenvalue weighted by Crippen LogP contribution is -2.22. The van der Waals surface area contributed by atoms with Gasteiger partial charge in [0.15, 0.2) is 5.78 Å². The molecule has 1 nitrogen and oxygen atoms in total. The molecule has 0 amide bonds. The SMILES string of the molecule is CCCC1CCC(C(=O)c2ccsc2C)CC1. The first-order valence-corrected chi connectivity index (χ1v) is 7.68. The summed E-state index contributed by atoms with van der Waals surface area (Å²) in [4.78, 5) is 13.5. The van der Waals surface area contributed by atoms with Crippen molar-refractivity contribution in [3.8, 4) is 0 Å². The van der Waals surface area contributed by atoms with Crippen molar-refractivity contribution in [3.63, 3.8) is 0 Å². The van der Waals surface area contributed by atoms with Crippen LogP contribution in [0.4, 0.5) is 0 Å². The Bertz CT molecular complexity index is 372. The maximum absolute atomic E-state index is 12.4. The predicted octanol–water partition coefficient (Wildman–Crippen LogP) is 4.85. The summed E-state index contributed by atoms with van der Waals surface area (Å²) < 4.78 is 0. The van der Waals surface area contributed by atoms with E-state index < -0.39 is 0 Å². The minimum absolute atomic E-state index is 0.302. The van der Waals surface area contributed by atoms with Crippen LogP contribution in [0.2, 0.25) is 0 Å². The van der Waals surface area contributed by atoms with Crippen molar-refractivity contribution in [1.29, 1.82) is 0 Å². The van der Waals surface area contributed by atoms with Crippen LogP contribution in [0.3, 0.4) is 0 Å². The van der Waals surface area contributed by atoms with Gasteiger partial charge < -0.3 is 0 Å². The number of ketones is 1. The molecule has 1 heterocycles. The molecule has 0 aliphatic heterocycles. The molecule has 0 saturated heterocycles. The molecule has 17 heavy (non-hydrogen) atoms. The van der Waals surface area contributed by atoms with Crippen LogP contribution < -0.4 is 0 Å². The summed E-state index contributed by atoms with van der Waals surface area (Å²) in [6.45, 7) is 4.31. The summed E-state index contributed by atoms with van der Waals surface area (Å²) in [7, 11) is 0. The Morgan fingerprint density at radius 3 is 2.59 bits per heavy atom. The standard InChI is InChI=1S/C15H22OS/c1-3-4-12-5-7-13(8-6-12)15(16)14-9-10-17-11(14)2/h9-10,12-13H,3-8H2,1-2H3. The lowest BCUT2D eigenvalue weighted by Gasteiger charge is -2.27. The van der Waals surface area contributed by atoms with Gasteiger partial charge in [-0.3, -0.25) is 4.79 Å². The number of carbonyl (C=O) groups excluding carboxylic acids is 1. The van der Waals surface area contributed by atoms with Crippen LogP contribution in [0.1, 0.15) is 60.7 Å². The highest BCUT2D eigenvalue weighted by Crippen LogP contribution is 2.34. The Morgan fingerprint density at radius 2 is 2.06 bits per heavy atom. The first kappa shape index (κ1) is 12.8. The predicted molar refractivity (Wildman–Crippen MR) is 73.7 cm³/mol. The van der Waals surface area contributed by atoms with E-state index in [1.54, 1.807) is 11.3 Å². The number of thiophene rings is 1. The van der Waals surface area contributed by atoms with Crippen molar-refractivity contribution in [2.75, 3.05) is 0 Å². The van der Waals surface area contributed by atoms with E-state index in [-0.39, 0.29) is 0 Å². The van der Waals surface area contributed by atoms with Crippen LogP contribution in [-0.2, 0) is 0 Å². The average molecular weight is 250 g/mol. The maximum Gasteiger partial charge on any atom is 0.167 e. The van der Waals surface area contributed by atoms with Crippen molar-refractivity contribution < 1.29 is 4.79 Å². The highest BCUT2D eigenvalue weighted by Gasteiger charge is 2.27. The maximum atomic E-state index is 12.4. The third kappa shape index (κ3) is 2.98. The van der Waals surface area contributed by atoms with Crippen LogP contribution in [-0.4, -0.2) is 5.78 Å². The van der Waals surface area contributed by atoms with Crippen molar-refractivity contribution in [2.24, 2.45) is 11.8 Å². The van der Waals surface area contributed by atoms with E-state index in [9.17, 15) is 4.79 Å². The zero-order valence-electron chi connectivity index (χ0n) is 10.9. The van der Waals surface area contributed by atoms with Gasteiger partial charge in [-0.05, 0) is 50.0 Å². The molecular formula is C15H22OS. The van der Waals surface area contributed by atoms with Crippen molar-refractivity contribution >= 4 is 17.1 Å². The van der Waals surface area contributed by atoms with Gasteiger partial charge in [0, 0.05) is 16.4 Å². The fourth-order valence-electron chi connectivity index (χ4n) is 2.98. The summed E-state index contributed by atoms with van der Waals surface area (Å²) in [6.07, 6.45) is 7.36. The second kappa shape index (κ2) is 5.81. The van der Waals surface area contributed by atoms with Gasteiger partial charge in [-0.15, -0.1) is 11.3 Å². The molecule has 1 aliphatic rings. The molecule has 0 aromatic carbocycles. The van der Waals surface area contributed by atoms with Crippen LogP contribution >= 0.6 is 11.3 Å². The second-order valence-electron chi connectivity index (χ2n) is 5.26. The molecule has 2 heteroatoms. The minimum atomic E-state index is 0.302. The normalized spacial score (nSPS) is 24.8. The number of hydrogen-bond donors (Lipinski definition) is 0. The summed E-state index contributed by atoms with van der Waals surface area (Å²) in [5.41, 5.74) is 0.981. The van der Waals surface area contributed by atoms with Gasteiger partial charge in [0.25, 0.3) is 0 Å². The Hall–Kier alpha value is -0.630. The number of rotatable bonds is 4. The van der Waals surface area contributed by atoms with E-state index in [1.165, 1.54) is 30.6 Å². The van der Waals surface area contributed by atoms with E-state index in [2.05, 4.69) is 13.8 Å². The zero-order valence-corrected chi connectivity index (χ0v) is 11.7. The zero-order chi connectivity index (χ0) is 12.3. The van der Waals surface area contributed by atoms with Crippen LogP contribution in [0.15, 0.2) is 11.4 Å². The summed E-state index contributed by atoms with van der Waals surface area (Å²) in [5.74, 6) is 1.59. The summed E-state index contributed by atoms with van der Waals surface area (Å²) in [5, 5.41) is 2.03. The number of aryl methyl sites for hydroxylation is 1. The molecule has 1 saturated carbocycles. The van der Waals surface area contributed by atoms with Gasteiger partial charge in [0.1, 0.15) is 0 Å². The third-order valence-corrected chi connectivity index (χ3v) is 4.88. The average Bonchev–Trinajstić information content (AvgIpc) is 2.76. The Morgan fingerprint density at radius 1 is 1.35 bits per heavy atom. The Labute approximate surface area is 108 Å². The summed E-state index contributed by atoms with van der Waals surface area (Å²) >= 11 is 1.68. The molecule has 1 aromatic rings. The van der Waals surface area contributed by atoms with Gasteiger partial charge in [-0.25, -0.2) is 0 Å². The van der Waals surface area contributed by atoms with E-state index in [4.69, 9.17) is 0 Å². The fraction of sp³-hybridized carbons (Fsp3) is 0.667. The Balaban J connectivity index is 1.93. The van der Waals surface area contributed by atoms with Crippen molar-refractivity contribution in [2.45, 2.75) is 52.4 Å². The molecule has 0 spiro atoms. The first-order valence-electron chi connectivity index (χ1n) is 6.80. The van der Waals surface area contributed by atoms with Gasteiger partial charge >= 0.3 is 0 Å². The number of carbonyl (C=O) groups is 1. The molecule has 0 unspecified atom stereocenters. The smallest absolute Gasteiger partial charge is 0.167 e. The highest BCUT2D eigenvalue weighted by atomic mass is 32.1. The molecule has 0 N–H and O–H groups in total. The topological polar surface area (TPSA) is 17.1 Å². The van der Waals surface area contributed by atoms with Gasteiger partial charge in [0.2, 0.25) is 0 Å². The Kier molecular flexibility index (Phi) is 4.38. The molecule has 0 radical (unpaired) electrons. The lowest BCUT2D eigenvalue weighted by molar-refractivity contribution is 0.0870. The molecular weight excluding hydrogens is 228 g/mol.